The highest BCUT2D eigenvalue weighted by molar-refractivity contribution is 5.79. The molecular formula is C23H39N5O. The van der Waals surface area contributed by atoms with Crippen molar-refractivity contribution >= 4 is 5.96 Å². The lowest BCUT2D eigenvalue weighted by molar-refractivity contribution is -0.0284. The molecule has 1 saturated heterocycles. The van der Waals surface area contributed by atoms with Gasteiger partial charge in [-0.05, 0) is 29.9 Å². The topological polar surface area (TPSA) is 52.1 Å². The molecule has 162 valence electrons. The first kappa shape index (κ1) is 22.1. The first-order chi connectivity index (χ1) is 14.1. The lowest BCUT2D eigenvalue weighted by Gasteiger charge is -2.34. The van der Waals surface area contributed by atoms with Crippen LogP contribution in [-0.4, -0.2) is 81.3 Å². The van der Waals surface area contributed by atoms with Gasteiger partial charge in [-0.15, -0.1) is 0 Å². The molecule has 6 heteroatoms. The molecule has 6 nitrogen and oxygen atoms in total. The monoisotopic (exact) mass is 401 g/mol. The quantitative estimate of drug-likeness (QED) is 0.396. The van der Waals surface area contributed by atoms with Gasteiger partial charge in [-0.2, -0.15) is 0 Å². The average Bonchev–Trinajstić information content (AvgIpc) is 2.73. The summed E-state index contributed by atoms with van der Waals surface area (Å²) in [4.78, 5) is 9.43. The average molecular weight is 402 g/mol. The Hall–Kier alpha value is -1.63. The minimum atomic E-state index is 0.231. The maximum Gasteiger partial charge on any atom is 0.191 e. The second kappa shape index (κ2) is 11.5. The summed E-state index contributed by atoms with van der Waals surface area (Å²) >= 11 is 0. The summed E-state index contributed by atoms with van der Waals surface area (Å²) in [7, 11) is 1.84. The molecule has 0 spiro atoms. The first-order valence-electron chi connectivity index (χ1n) is 11.2. The largest absolute Gasteiger partial charge is 0.374 e. The summed E-state index contributed by atoms with van der Waals surface area (Å²) in [5.41, 5.74) is 3.01. The number of ether oxygens (including phenoxy) is 1. The number of nitrogens with zero attached hydrogens (tertiary/aromatic N) is 3. The van der Waals surface area contributed by atoms with Crippen molar-refractivity contribution in [3.8, 4) is 0 Å². The van der Waals surface area contributed by atoms with E-state index in [2.05, 4.69) is 63.5 Å². The van der Waals surface area contributed by atoms with Crippen LogP contribution < -0.4 is 10.6 Å². The van der Waals surface area contributed by atoms with Crippen LogP contribution in [0.25, 0.3) is 0 Å². The van der Waals surface area contributed by atoms with E-state index in [4.69, 9.17) is 4.74 Å². The summed E-state index contributed by atoms with van der Waals surface area (Å²) in [6.07, 6.45) is 2.52. The molecule has 1 atom stereocenters. The molecule has 29 heavy (non-hydrogen) atoms. The molecule has 0 aromatic heterocycles. The van der Waals surface area contributed by atoms with Gasteiger partial charge in [0.2, 0.25) is 0 Å². The smallest absolute Gasteiger partial charge is 0.191 e. The Balaban J connectivity index is 1.31. The number of rotatable bonds is 8. The Morgan fingerprint density at radius 3 is 2.79 bits per heavy atom. The van der Waals surface area contributed by atoms with Crippen LogP contribution in [0, 0.1) is 5.92 Å². The molecule has 1 aromatic carbocycles. The number of nitrogens with one attached hydrogen (secondary N) is 2. The van der Waals surface area contributed by atoms with Crippen molar-refractivity contribution in [2.75, 3.05) is 59.5 Å². The van der Waals surface area contributed by atoms with Crippen LogP contribution in [0.2, 0.25) is 0 Å². The summed E-state index contributed by atoms with van der Waals surface area (Å²) in [5.74, 6) is 1.57. The lowest BCUT2D eigenvalue weighted by Crippen LogP contribution is -2.50. The molecule has 2 N–H and O–H groups in total. The molecule has 1 unspecified atom stereocenters. The third kappa shape index (κ3) is 7.28. The molecule has 0 aliphatic carbocycles. The molecule has 0 amide bonds. The van der Waals surface area contributed by atoms with Crippen LogP contribution in [0.15, 0.2) is 29.3 Å². The van der Waals surface area contributed by atoms with Gasteiger partial charge in [0.1, 0.15) is 0 Å². The van der Waals surface area contributed by atoms with E-state index in [1.807, 2.05) is 7.05 Å². The zero-order valence-electron chi connectivity index (χ0n) is 18.5. The summed E-state index contributed by atoms with van der Waals surface area (Å²) < 4.78 is 5.92. The number of hydrogen-bond donors (Lipinski definition) is 2. The molecule has 3 rings (SSSR count). The minimum absolute atomic E-state index is 0.231. The molecule has 2 aliphatic rings. The standard InChI is InChI=1S/C23H39N5O/c1-19(2)16-28-13-14-29-22(18-28)15-26-23(24-3)25-10-6-11-27-12-9-20-7-4-5-8-21(20)17-27/h4-5,7-8,19,22H,6,9-18H2,1-3H3,(H2,24,25,26). The van der Waals surface area contributed by atoms with Gasteiger partial charge < -0.3 is 15.4 Å². The molecular weight excluding hydrogens is 362 g/mol. The lowest BCUT2D eigenvalue weighted by atomic mass is 10.00. The number of benzene rings is 1. The number of hydrogen-bond acceptors (Lipinski definition) is 4. The fourth-order valence-electron chi connectivity index (χ4n) is 4.27. The van der Waals surface area contributed by atoms with E-state index in [1.165, 1.54) is 17.5 Å². The Morgan fingerprint density at radius 1 is 1.17 bits per heavy atom. The maximum absolute atomic E-state index is 5.92. The predicted molar refractivity (Wildman–Crippen MR) is 120 cm³/mol. The Bertz CT molecular complexity index is 648. The van der Waals surface area contributed by atoms with Gasteiger partial charge in [-0.3, -0.25) is 14.8 Å². The number of fused-ring (bicyclic) bond motifs is 1. The second-order valence-electron chi connectivity index (χ2n) is 8.67. The molecule has 0 radical (unpaired) electrons. The number of morpholine rings is 1. The Labute approximate surface area is 176 Å². The fraction of sp³-hybridized carbons (Fsp3) is 0.696. The van der Waals surface area contributed by atoms with E-state index in [1.54, 1.807) is 0 Å². The zero-order valence-corrected chi connectivity index (χ0v) is 18.5. The van der Waals surface area contributed by atoms with Crippen molar-refractivity contribution < 1.29 is 4.74 Å². The van der Waals surface area contributed by atoms with Crippen molar-refractivity contribution in [2.45, 2.75) is 39.3 Å². The molecule has 2 aliphatic heterocycles. The van der Waals surface area contributed by atoms with E-state index in [-0.39, 0.29) is 6.10 Å². The van der Waals surface area contributed by atoms with E-state index >= 15 is 0 Å². The van der Waals surface area contributed by atoms with Gasteiger partial charge in [-0.25, -0.2) is 0 Å². The number of aliphatic imine (C=N–C) groups is 1. The third-order valence-electron chi connectivity index (χ3n) is 5.72. The van der Waals surface area contributed by atoms with Gasteiger partial charge in [0.25, 0.3) is 0 Å². The highest BCUT2D eigenvalue weighted by Crippen LogP contribution is 2.18. The van der Waals surface area contributed by atoms with Crippen LogP contribution in [0.5, 0.6) is 0 Å². The van der Waals surface area contributed by atoms with Crippen LogP contribution >= 0.6 is 0 Å². The van der Waals surface area contributed by atoms with E-state index in [9.17, 15) is 0 Å². The molecule has 2 heterocycles. The van der Waals surface area contributed by atoms with Crippen molar-refractivity contribution in [3.05, 3.63) is 35.4 Å². The highest BCUT2D eigenvalue weighted by Gasteiger charge is 2.21. The first-order valence-corrected chi connectivity index (χ1v) is 11.2. The zero-order chi connectivity index (χ0) is 20.5. The Morgan fingerprint density at radius 2 is 2.00 bits per heavy atom. The van der Waals surface area contributed by atoms with Gasteiger partial charge in [0.05, 0.1) is 12.7 Å². The molecule has 1 fully saturated rings. The van der Waals surface area contributed by atoms with Crippen molar-refractivity contribution in [1.82, 2.24) is 20.4 Å². The van der Waals surface area contributed by atoms with E-state index in [0.29, 0.717) is 5.92 Å². The molecule has 1 aromatic rings. The van der Waals surface area contributed by atoms with E-state index in [0.717, 1.165) is 71.3 Å². The highest BCUT2D eigenvalue weighted by atomic mass is 16.5. The van der Waals surface area contributed by atoms with Crippen LogP contribution in [0.4, 0.5) is 0 Å². The molecule has 0 bridgehead atoms. The van der Waals surface area contributed by atoms with Gasteiger partial charge >= 0.3 is 0 Å². The van der Waals surface area contributed by atoms with Gasteiger partial charge in [0.15, 0.2) is 5.96 Å². The van der Waals surface area contributed by atoms with Gasteiger partial charge in [0, 0.05) is 59.4 Å². The normalized spacial score (nSPS) is 21.2. The SMILES string of the molecule is CN=C(NCCCN1CCc2ccccc2C1)NCC1CN(CC(C)C)CCO1. The fourth-order valence-corrected chi connectivity index (χ4v) is 4.27. The second-order valence-corrected chi connectivity index (χ2v) is 8.67. The summed E-state index contributed by atoms with van der Waals surface area (Å²) in [6, 6.07) is 8.83. The van der Waals surface area contributed by atoms with Gasteiger partial charge in [-0.1, -0.05) is 38.1 Å². The van der Waals surface area contributed by atoms with Crippen LogP contribution in [0.3, 0.4) is 0 Å². The number of guanidine groups is 1. The van der Waals surface area contributed by atoms with Crippen molar-refractivity contribution in [3.63, 3.8) is 0 Å². The van der Waals surface area contributed by atoms with E-state index < -0.39 is 0 Å². The van der Waals surface area contributed by atoms with Crippen LogP contribution in [-0.2, 0) is 17.7 Å². The maximum atomic E-state index is 5.92. The Kier molecular flexibility index (Phi) is 8.77. The van der Waals surface area contributed by atoms with Crippen molar-refractivity contribution in [2.24, 2.45) is 10.9 Å². The predicted octanol–water partition coefficient (Wildman–Crippen LogP) is 1.96. The third-order valence-corrected chi connectivity index (χ3v) is 5.72. The van der Waals surface area contributed by atoms with Crippen molar-refractivity contribution in [1.29, 1.82) is 0 Å². The summed E-state index contributed by atoms with van der Waals surface area (Å²) in [5, 5.41) is 6.89. The van der Waals surface area contributed by atoms with Crippen LogP contribution in [0.1, 0.15) is 31.4 Å². The molecule has 0 saturated carbocycles. The minimum Gasteiger partial charge on any atom is -0.374 e. The summed E-state index contributed by atoms with van der Waals surface area (Å²) in [6.45, 7) is 13.7.